The molecule has 3 amide bonds. The van der Waals surface area contributed by atoms with Gasteiger partial charge >= 0.3 is 0 Å². The minimum atomic E-state index is -0.759. The molecule has 1 aliphatic rings. The SMILES string of the molecule is COc1cc(/C=C2\SC(=O)N(CC(N)=O)C2=O)cc(Br)c1OCc1ccc(Cl)cc1. The van der Waals surface area contributed by atoms with Crippen molar-refractivity contribution in [2.75, 3.05) is 13.7 Å². The molecule has 0 bridgehead atoms. The Morgan fingerprint density at radius 1 is 1.27 bits per heavy atom. The highest BCUT2D eigenvalue weighted by Crippen LogP contribution is 2.39. The number of thioether (sulfide) groups is 1. The molecule has 10 heteroatoms. The highest BCUT2D eigenvalue weighted by molar-refractivity contribution is 9.10. The van der Waals surface area contributed by atoms with Crippen molar-refractivity contribution in [1.82, 2.24) is 4.90 Å². The normalized spacial score (nSPS) is 15.0. The Hall–Kier alpha value is -2.49. The number of carbonyl (C=O) groups excluding carboxylic acids is 3. The van der Waals surface area contributed by atoms with E-state index >= 15 is 0 Å². The van der Waals surface area contributed by atoms with Crippen LogP contribution in [-0.4, -0.2) is 35.6 Å². The summed E-state index contributed by atoms with van der Waals surface area (Å²) in [6.07, 6.45) is 1.54. The lowest BCUT2D eigenvalue weighted by Gasteiger charge is -2.14. The Kier molecular flexibility index (Phi) is 7.06. The average Bonchev–Trinajstić information content (AvgIpc) is 2.95. The number of nitrogens with two attached hydrogens (primary N) is 1. The van der Waals surface area contributed by atoms with Crippen molar-refractivity contribution in [1.29, 1.82) is 0 Å². The lowest BCUT2D eigenvalue weighted by Crippen LogP contribution is -2.36. The second-order valence-electron chi connectivity index (χ2n) is 6.18. The Morgan fingerprint density at radius 3 is 2.60 bits per heavy atom. The molecule has 2 aromatic rings. The van der Waals surface area contributed by atoms with Crippen LogP contribution in [0.15, 0.2) is 45.8 Å². The van der Waals surface area contributed by atoms with Crippen LogP contribution in [0.25, 0.3) is 6.08 Å². The maximum atomic E-state index is 12.4. The highest BCUT2D eigenvalue weighted by atomic mass is 79.9. The van der Waals surface area contributed by atoms with Gasteiger partial charge in [0.15, 0.2) is 11.5 Å². The zero-order valence-electron chi connectivity index (χ0n) is 15.7. The van der Waals surface area contributed by atoms with E-state index in [1.165, 1.54) is 7.11 Å². The number of ether oxygens (including phenoxy) is 2. The summed E-state index contributed by atoms with van der Waals surface area (Å²) in [6, 6.07) is 10.7. The predicted molar refractivity (Wildman–Crippen MR) is 118 cm³/mol. The summed E-state index contributed by atoms with van der Waals surface area (Å²) in [5.74, 6) is -0.389. The first kappa shape index (κ1) is 22.2. The zero-order valence-corrected chi connectivity index (χ0v) is 18.8. The van der Waals surface area contributed by atoms with Crippen molar-refractivity contribution in [3.05, 3.63) is 61.9 Å². The maximum Gasteiger partial charge on any atom is 0.294 e. The number of carbonyl (C=O) groups is 3. The fraction of sp³-hybridized carbons (Fsp3) is 0.150. The summed E-state index contributed by atoms with van der Waals surface area (Å²) in [6.45, 7) is -0.149. The van der Waals surface area contributed by atoms with Crippen LogP contribution >= 0.6 is 39.3 Å². The van der Waals surface area contributed by atoms with Crippen molar-refractivity contribution in [2.24, 2.45) is 5.73 Å². The Balaban J connectivity index is 1.82. The average molecular weight is 512 g/mol. The third kappa shape index (κ3) is 5.16. The summed E-state index contributed by atoms with van der Waals surface area (Å²) in [4.78, 5) is 36.4. The number of nitrogens with zero attached hydrogens (tertiary/aromatic N) is 1. The number of imide groups is 1. The van der Waals surface area contributed by atoms with Gasteiger partial charge in [-0.25, -0.2) is 0 Å². The molecule has 0 unspecified atom stereocenters. The highest BCUT2D eigenvalue weighted by Gasteiger charge is 2.35. The largest absolute Gasteiger partial charge is 0.493 e. The second-order valence-corrected chi connectivity index (χ2v) is 8.47. The number of methoxy groups -OCH3 is 1. The van der Waals surface area contributed by atoms with Gasteiger partial charge in [-0.15, -0.1) is 0 Å². The number of halogens is 2. The molecule has 30 heavy (non-hydrogen) atoms. The van der Waals surface area contributed by atoms with E-state index in [1.807, 2.05) is 12.1 Å². The van der Waals surface area contributed by atoms with Crippen LogP contribution in [0.4, 0.5) is 4.79 Å². The van der Waals surface area contributed by atoms with E-state index in [1.54, 1.807) is 30.3 Å². The van der Waals surface area contributed by atoms with Crippen LogP contribution in [0, 0.1) is 0 Å². The van der Waals surface area contributed by atoms with Gasteiger partial charge in [-0.1, -0.05) is 23.7 Å². The van der Waals surface area contributed by atoms with Crippen molar-refractivity contribution in [3.8, 4) is 11.5 Å². The Morgan fingerprint density at radius 2 is 1.97 bits per heavy atom. The van der Waals surface area contributed by atoms with Crippen LogP contribution in [-0.2, 0) is 16.2 Å². The van der Waals surface area contributed by atoms with Gasteiger partial charge in [0.05, 0.1) is 16.5 Å². The van der Waals surface area contributed by atoms with E-state index < -0.39 is 23.6 Å². The van der Waals surface area contributed by atoms with Crippen LogP contribution in [0.3, 0.4) is 0 Å². The summed E-state index contributed by atoms with van der Waals surface area (Å²) in [5, 5.41) is 0.0982. The van der Waals surface area contributed by atoms with Crippen LogP contribution in [0.1, 0.15) is 11.1 Å². The van der Waals surface area contributed by atoms with Crippen LogP contribution in [0.2, 0.25) is 5.02 Å². The number of hydrogen-bond acceptors (Lipinski definition) is 6. The summed E-state index contributed by atoms with van der Waals surface area (Å²) < 4.78 is 11.9. The lowest BCUT2D eigenvalue weighted by atomic mass is 10.1. The van der Waals surface area contributed by atoms with Crippen molar-refractivity contribution in [3.63, 3.8) is 0 Å². The monoisotopic (exact) mass is 510 g/mol. The van der Waals surface area contributed by atoms with Crippen molar-refractivity contribution >= 4 is 62.4 Å². The molecule has 156 valence electrons. The molecule has 0 aromatic heterocycles. The molecule has 0 saturated carbocycles. The van der Waals surface area contributed by atoms with Gasteiger partial charge in [0.2, 0.25) is 5.91 Å². The van der Waals surface area contributed by atoms with Crippen molar-refractivity contribution < 1.29 is 23.9 Å². The molecule has 1 fully saturated rings. The number of hydrogen-bond donors (Lipinski definition) is 1. The fourth-order valence-corrected chi connectivity index (χ4v) is 4.18. The van der Waals surface area contributed by atoms with E-state index in [4.69, 9.17) is 26.8 Å². The minimum absolute atomic E-state index is 0.185. The van der Waals surface area contributed by atoms with Gasteiger partial charge in [0.25, 0.3) is 11.1 Å². The number of amides is 3. The molecule has 0 spiro atoms. The molecule has 1 heterocycles. The molecular weight excluding hydrogens is 496 g/mol. The summed E-state index contributed by atoms with van der Waals surface area (Å²) in [7, 11) is 1.50. The van der Waals surface area contributed by atoms with Gasteiger partial charge in [-0.05, 0) is 69.2 Å². The first-order valence-corrected chi connectivity index (χ1v) is 10.6. The fourth-order valence-electron chi connectivity index (χ4n) is 2.64. The van der Waals surface area contributed by atoms with Gasteiger partial charge < -0.3 is 15.2 Å². The molecule has 1 saturated heterocycles. The molecule has 2 aromatic carbocycles. The van der Waals surface area contributed by atoms with E-state index in [0.29, 0.717) is 33.2 Å². The standard InChI is InChI=1S/C20H16BrClN2O5S/c1-28-15-7-12(8-16-19(26)24(9-17(23)25)20(27)30-16)6-14(21)18(15)29-10-11-2-4-13(22)5-3-11/h2-8H,9-10H2,1H3,(H2,23,25)/b16-8-. The molecular formula is C20H16BrClN2O5S. The zero-order chi connectivity index (χ0) is 21.8. The van der Waals surface area contributed by atoms with E-state index in [9.17, 15) is 14.4 Å². The van der Waals surface area contributed by atoms with E-state index in [2.05, 4.69) is 15.9 Å². The molecule has 7 nitrogen and oxygen atoms in total. The lowest BCUT2D eigenvalue weighted by molar-refractivity contribution is -0.127. The second kappa shape index (κ2) is 9.55. The van der Waals surface area contributed by atoms with Gasteiger partial charge in [-0.3, -0.25) is 19.3 Å². The molecule has 0 radical (unpaired) electrons. The summed E-state index contributed by atoms with van der Waals surface area (Å²) >= 11 is 10.1. The molecule has 0 atom stereocenters. The number of rotatable bonds is 7. The molecule has 2 N–H and O–H groups in total. The predicted octanol–water partition coefficient (Wildman–Crippen LogP) is 4.21. The first-order chi connectivity index (χ1) is 14.3. The molecule has 3 rings (SSSR count). The molecule has 1 aliphatic heterocycles. The maximum absolute atomic E-state index is 12.4. The minimum Gasteiger partial charge on any atom is -0.493 e. The topological polar surface area (TPSA) is 98.9 Å². The van der Waals surface area contributed by atoms with E-state index in [0.717, 1.165) is 22.2 Å². The van der Waals surface area contributed by atoms with Crippen LogP contribution in [0.5, 0.6) is 11.5 Å². The third-order valence-electron chi connectivity index (χ3n) is 4.03. The number of benzene rings is 2. The quantitative estimate of drug-likeness (QED) is 0.559. The molecule has 0 aliphatic carbocycles. The summed E-state index contributed by atoms with van der Waals surface area (Å²) in [5.41, 5.74) is 6.63. The van der Waals surface area contributed by atoms with Crippen molar-refractivity contribution in [2.45, 2.75) is 6.61 Å². The first-order valence-electron chi connectivity index (χ1n) is 8.57. The smallest absolute Gasteiger partial charge is 0.294 e. The Bertz CT molecular complexity index is 1040. The van der Waals surface area contributed by atoms with Gasteiger partial charge in [-0.2, -0.15) is 0 Å². The van der Waals surface area contributed by atoms with E-state index in [-0.39, 0.29) is 4.91 Å². The number of primary amides is 1. The van der Waals surface area contributed by atoms with Gasteiger partial charge in [0.1, 0.15) is 13.2 Å². The third-order valence-corrected chi connectivity index (χ3v) is 5.78. The van der Waals surface area contributed by atoms with Crippen LogP contribution < -0.4 is 15.2 Å². The van der Waals surface area contributed by atoms with Gasteiger partial charge in [0, 0.05) is 5.02 Å². The Labute approximate surface area is 190 Å².